The molecule has 0 spiro atoms. The molecule has 2 unspecified atom stereocenters. The van der Waals surface area contributed by atoms with E-state index in [4.69, 9.17) is 28.3 Å². The molecule has 0 aromatic heterocycles. The van der Waals surface area contributed by atoms with E-state index in [0.717, 1.165) is 0 Å². The highest BCUT2D eigenvalue weighted by atomic mass is 35.5. The van der Waals surface area contributed by atoms with E-state index in [0.29, 0.717) is 18.7 Å². The van der Waals surface area contributed by atoms with Crippen LogP contribution in [0.4, 0.5) is 11.4 Å². The van der Waals surface area contributed by atoms with E-state index >= 15 is 0 Å². The molecular weight excluding hydrogens is 307 g/mol. The number of rotatable bonds is 3. The zero-order valence-corrected chi connectivity index (χ0v) is 12.1. The number of aliphatic carboxylic acids is 1. The largest absolute Gasteiger partial charge is 0.481 e. The van der Waals surface area contributed by atoms with Crippen LogP contribution in [0.15, 0.2) is 12.1 Å². The number of nitro groups is 1. The van der Waals surface area contributed by atoms with Crippen LogP contribution in [0.1, 0.15) is 13.3 Å². The van der Waals surface area contributed by atoms with Gasteiger partial charge in [0.1, 0.15) is 5.69 Å². The van der Waals surface area contributed by atoms with Crippen LogP contribution in [0, 0.1) is 16.0 Å². The third kappa shape index (κ3) is 2.53. The van der Waals surface area contributed by atoms with Crippen LogP contribution in [-0.2, 0) is 4.79 Å². The summed E-state index contributed by atoms with van der Waals surface area (Å²) in [6.07, 6.45) is 0.438. The van der Waals surface area contributed by atoms with Crippen LogP contribution < -0.4 is 4.90 Å². The topological polar surface area (TPSA) is 83.7 Å². The first kappa shape index (κ1) is 14.9. The Morgan fingerprint density at radius 1 is 1.45 bits per heavy atom. The highest BCUT2D eigenvalue weighted by Gasteiger charge is 2.38. The standard InChI is InChI=1S/C12H12Cl2N2O4/c1-6-7(12(17)18)2-3-15(6)10-4-8(13)9(14)5-11(10)16(19)20/h4-7H,2-3H2,1H3,(H,17,18). The summed E-state index contributed by atoms with van der Waals surface area (Å²) in [6.45, 7) is 2.16. The number of halogens is 2. The maximum atomic E-state index is 11.1. The van der Waals surface area contributed by atoms with Gasteiger partial charge in [-0.05, 0) is 19.4 Å². The molecule has 1 aromatic rings. The summed E-state index contributed by atoms with van der Waals surface area (Å²) in [6, 6.07) is 2.27. The van der Waals surface area contributed by atoms with Crippen molar-refractivity contribution in [2.45, 2.75) is 19.4 Å². The summed E-state index contributed by atoms with van der Waals surface area (Å²) >= 11 is 11.7. The zero-order valence-electron chi connectivity index (χ0n) is 10.5. The Hall–Kier alpha value is -1.53. The number of anilines is 1. The number of hydrogen-bond donors (Lipinski definition) is 1. The van der Waals surface area contributed by atoms with Crippen LogP contribution in [0.25, 0.3) is 0 Å². The predicted molar refractivity (Wildman–Crippen MR) is 75.7 cm³/mol. The average molecular weight is 319 g/mol. The summed E-state index contributed by atoms with van der Waals surface area (Å²) in [7, 11) is 0. The molecule has 6 nitrogen and oxygen atoms in total. The molecule has 0 saturated carbocycles. The quantitative estimate of drug-likeness (QED) is 0.683. The fourth-order valence-corrected chi connectivity index (χ4v) is 2.83. The van der Waals surface area contributed by atoms with Gasteiger partial charge < -0.3 is 10.0 Å². The van der Waals surface area contributed by atoms with Gasteiger partial charge in [-0.1, -0.05) is 23.2 Å². The number of carboxylic acid groups (broad SMARTS) is 1. The molecule has 0 aliphatic carbocycles. The maximum absolute atomic E-state index is 11.1. The van der Waals surface area contributed by atoms with Gasteiger partial charge in [-0.25, -0.2) is 0 Å². The molecule has 1 N–H and O–H groups in total. The minimum absolute atomic E-state index is 0.101. The molecular formula is C12H12Cl2N2O4. The van der Waals surface area contributed by atoms with Gasteiger partial charge in [0, 0.05) is 18.7 Å². The molecule has 8 heteroatoms. The van der Waals surface area contributed by atoms with Gasteiger partial charge in [0.2, 0.25) is 0 Å². The van der Waals surface area contributed by atoms with Crippen LogP contribution in [0.5, 0.6) is 0 Å². The van der Waals surface area contributed by atoms with Crippen molar-refractivity contribution >= 4 is 40.5 Å². The van der Waals surface area contributed by atoms with Gasteiger partial charge in [-0.15, -0.1) is 0 Å². The fraction of sp³-hybridized carbons (Fsp3) is 0.417. The highest BCUT2D eigenvalue weighted by molar-refractivity contribution is 6.42. The molecule has 2 rings (SSSR count). The molecule has 0 bridgehead atoms. The van der Waals surface area contributed by atoms with Crippen molar-refractivity contribution in [3.05, 3.63) is 32.3 Å². The Labute approximate surface area is 125 Å². The van der Waals surface area contributed by atoms with E-state index in [1.165, 1.54) is 12.1 Å². The summed E-state index contributed by atoms with van der Waals surface area (Å²) in [5, 5.41) is 20.6. The summed E-state index contributed by atoms with van der Waals surface area (Å²) in [4.78, 5) is 23.4. The number of nitro benzene ring substituents is 1. The summed E-state index contributed by atoms with van der Waals surface area (Å²) in [5.41, 5.74) is 0.137. The van der Waals surface area contributed by atoms with Gasteiger partial charge in [-0.2, -0.15) is 0 Å². The van der Waals surface area contributed by atoms with E-state index in [1.54, 1.807) is 11.8 Å². The van der Waals surface area contributed by atoms with Crippen LogP contribution in [0.3, 0.4) is 0 Å². The lowest BCUT2D eigenvalue weighted by Gasteiger charge is -2.25. The molecule has 1 aliphatic rings. The second-order valence-corrected chi connectivity index (χ2v) is 5.49. The molecule has 1 aromatic carbocycles. The number of carbonyl (C=O) groups is 1. The molecule has 1 aliphatic heterocycles. The Morgan fingerprint density at radius 3 is 2.55 bits per heavy atom. The third-order valence-electron chi connectivity index (χ3n) is 3.60. The van der Waals surface area contributed by atoms with E-state index < -0.39 is 16.8 Å². The van der Waals surface area contributed by atoms with Gasteiger partial charge in [0.15, 0.2) is 0 Å². The van der Waals surface area contributed by atoms with Crippen molar-refractivity contribution in [1.29, 1.82) is 0 Å². The van der Waals surface area contributed by atoms with E-state index in [9.17, 15) is 14.9 Å². The maximum Gasteiger partial charge on any atom is 0.308 e. The number of nitrogens with zero attached hydrogens (tertiary/aromatic N) is 2. The lowest BCUT2D eigenvalue weighted by molar-refractivity contribution is -0.384. The molecule has 1 fully saturated rings. The normalized spacial score (nSPS) is 22.1. The van der Waals surface area contributed by atoms with Crippen LogP contribution in [-0.4, -0.2) is 28.6 Å². The van der Waals surface area contributed by atoms with Crippen molar-refractivity contribution < 1.29 is 14.8 Å². The Kier molecular flexibility index (Phi) is 4.06. The van der Waals surface area contributed by atoms with E-state index in [2.05, 4.69) is 0 Å². The van der Waals surface area contributed by atoms with E-state index in [-0.39, 0.29) is 21.8 Å². The second-order valence-electron chi connectivity index (χ2n) is 4.68. The number of benzene rings is 1. The first-order valence-electron chi connectivity index (χ1n) is 5.95. The zero-order chi connectivity index (χ0) is 15.0. The lowest BCUT2D eigenvalue weighted by Crippen LogP contribution is -2.33. The highest BCUT2D eigenvalue weighted by Crippen LogP contribution is 2.40. The van der Waals surface area contributed by atoms with Crippen molar-refractivity contribution in [2.75, 3.05) is 11.4 Å². The molecule has 1 heterocycles. The smallest absolute Gasteiger partial charge is 0.308 e. The van der Waals surface area contributed by atoms with Crippen molar-refractivity contribution in [2.24, 2.45) is 5.92 Å². The Morgan fingerprint density at radius 2 is 2.05 bits per heavy atom. The molecule has 108 valence electrons. The van der Waals surface area contributed by atoms with E-state index in [1.807, 2.05) is 0 Å². The summed E-state index contributed by atoms with van der Waals surface area (Å²) < 4.78 is 0. The summed E-state index contributed by atoms with van der Waals surface area (Å²) in [5.74, 6) is -1.45. The average Bonchev–Trinajstić information content (AvgIpc) is 2.73. The van der Waals surface area contributed by atoms with Gasteiger partial charge >= 0.3 is 5.97 Å². The van der Waals surface area contributed by atoms with Crippen molar-refractivity contribution in [3.63, 3.8) is 0 Å². The fourth-order valence-electron chi connectivity index (χ4n) is 2.51. The van der Waals surface area contributed by atoms with Crippen LogP contribution >= 0.6 is 23.2 Å². The lowest BCUT2D eigenvalue weighted by atomic mass is 10.0. The minimum Gasteiger partial charge on any atom is -0.481 e. The molecule has 0 radical (unpaired) electrons. The monoisotopic (exact) mass is 318 g/mol. The second kappa shape index (κ2) is 5.46. The van der Waals surface area contributed by atoms with Crippen molar-refractivity contribution in [1.82, 2.24) is 0 Å². The van der Waals surface area contributed by atoms with Crippen LogP contribution in [0.2, 0.25) is 10.0 Å². The Balaban J connectivity index is 2.45. The Bertz CT molecular complexity index is 579. The van der Waals surface area contributed by atoms with Gasteiger partial charge in [-0.3, -0.25) is 14.9 Å². The number of carboxylic acids is 1. The van der Waals surface area contributed by atoms with Gasteiger partial charge in [0.25, 0.3) is 5.69 Å². The number of hydrogen-bond acceptors (Lipinski definition) is 4. The van der Waals surface area contributed by atoms with Crippen molar-refractivity contribution in [3.8, 4) is 0 Å². The molecule has 2 atom stereocenters. The molecule has 20 heavy (non-hydrogen) atoms. The SMILES string of the molecule is CC1C(C(=O)O)CCN1c1cc(Cl)c(Cl)cc1[N+](=O)[O-]. The molecule has 0 amide bonds. The molecule has 1 saturated heterocycles. The first-order valence-corrected chi connectivity index (χ1v) is 6.71. The first-order chi connectivity index (χ1) is 9.32. The van der Waals surface area contributed by atoms with Gasteiger partial charge in [0.05, 0.1) is 20.9 Å². The third-order valence-corrected chi connectivity index (χ3v) is 4.32. The minimum atomic E-state index is -0.900. The predicted octanol–water partition coefficient (Wildman–Crippen LogP) is 3.20.